The molecule has 0 bridgehead atoms. The van der Waals surface area contributed by atoms with Crippen molar-refractivity contribution < 1.29 is 38.5 Å². The van der Waals surface area contributed by atoms with Gasteiger partial charge in [-0.15, -0.1) is 0 Å². The van der Waals surface area contributed by atoms with E-state index in [9.17, 15) is 25.6 Å². The summed E-state index contributed by atoms with van der Waals surface area (Å²) in [6.45, 7) is 0.990. The number of hydrogen-bond donors (Lipinski definition) is 4. The van der Waals surface area contributed by atoms with Gasteiger partial charge in [0, 0.05) is 11.4 Å². The summed E-state index contributed by atoms with van der Waals surface area (Å²) in [5.74, 6) is 0.0459. The molecule has 0 amide bonds. The molecule has 0 spiro atoms. The Morgan fingerprint density at radius 1 is 0.944 bits per heavy atom. The third-order valence-corrected chi connectivity index (χ3v) is 6.62. The van der Waals surface area contributed by atoms with Gasteiger partial charge >= 0.3 is 10.4 Å². The highest BCUT2D eigenvalue weighted by atomic mass is 35.5. The summed E-state index contributed by atoms with van der Waals surface area (Å²) in [6.07, 6.45) is 0. The lowest BCUT2D eigenvalue weighted by molar-refractivity contribution is 0.283. The number of anilines is 4. The Kier molecular flexibility index (Phi) is 8.77. The maximum absolute atomic E-state index is 11.8. The van der Waals surface area contributed by atoms with Crippen LogP contribution in [0.15, 0.2) is 47.4 Å². The van der Waals surface area contributed by atoms with E-state index in [0.717, 1.165) is 0 Å². The number of aryl methyl sites for hydroxylation is 1. The van der Waals surface area contributed by atoms with E-state index < -0.39 is 38.2 Å². The summed E-state index contributed by atoms with van der Waals surface area (Å²) in [6, 6.07) is 10.2. The van der Waals surface area contributed by atoms with Crippen molar-refractivity contribution in [2.45, 2.75) is 11.8 Å². The molecule has 1 heterocycles. The fourth-order valence-electron chi connectivity index (χ4n) is 2.69. The van der Waals surface area contributed by atoms with E-state index in [1.807, 2.05) is 0 Å². The van der Waals surface area contributed by atoms with Crippen LogP contribution < -0.4 is 14.8 Å². The zero-order chi connectivity index (χ0) is 26.5. The Morgan fingerprint density at radius 3 is 2.08 bits per heavy atom. The summed E-state index contributed by atoms with van der Waals surface area (Å²) in [5.41, 5.74) is 1.24. The molecule has 194 valence electrons. The number of halogens is 1. The Morgan fingerprint density at radius 2 is 1.53 bits per heavy atom. The first-order valence-corrected chi connectivity index (χ1v) is 14.0. The van der Waals surface area contributed by atoms with E-state index in [1.165, 1.54) is 37.3 Å². The minimum Gasteiger partial charge on any atom is -0.400 e. The molecule has 2 aromatic carbocycles. The Hall–Kier alpha value is -2.93. The smallest absolute Gasteiger partial charge is 0.397 e. The van der Waals surface area contributed by atoms with Crippen molar-refractivity contribution in [2.75, 3.05) is 23.0 Å². The summed E-state index contributed by atoms with van der Waals surface area (Å²) < 4.78 is 82.4. The van der Waals surface area contributed by atoms with Gasteiger partial charge in [-0.05, 0) is 66.6 Å². The van der Waals surface area contributed by atoms with Gasteiger partial charge in [0.2, 0.25) is 28.3 Å². The third kappa shape index (κ3) is 8.63. The van der Waals surface area contributed by atoms with Crippen LogP contribution in [0.25, 0.3) is 0 Å². The monoisotopic (exact) mass is 579 g/mol. The van der Waals surface area contributed by atoms with Crippen molar-refractivity contribution in [2.24, 2.45) is 0 Å². The second-order valence-electron chi connectivity index (χ2n) is 6.82. The van der Waals surface area contributed by atoms with Crippen LogP contribution in [-0.4, -0.2) is 57.5 Å². The molecule has 3 aromatic rings. The van der Waals surface area contributed by atoms with E-state index in [4.69, 9.17) is 20.3 Å². The predicted octanol–water partition coefficient (Wildman–Crippen LogP) is 2.43. The van der Waals surface area contributed by atoms with Gasteiger partial charge in [0.15, 0.2) is 0 Å². The van der Waals surface area contributed by atoms with Crippen LogP contribution in [0.1, 0.15) is 5.56 Å². The number of nitrogens with zero attached hydrogens (tertiary/aromatic N) is 3. The molecule has 0 aliphatic rings. The molecule has 0 aliphatic heterocycles. The summed E-state index contributed by atoms with van der Waals surface area (Å²) in [5, 5.41) is 5.63. The second-order valence-corrected chi connectivity index (χ2v) is 10.8. The summed E-state index contributed by atoms with van der Waals surface area (Å²) >= 11 is 4.07. The molecular weight excluding hydrogens is 562 g/mol. The molecule has 18 heteroatoms. The third-order valence-electron chi connectivity index (χ3n) is 4.10. The van der Waals surface area contributed by atoms with Crippen LogP contribution in [0.3, 0.4) is 0 Å². The van der Waals surface area contributed by atoms with Gasteiger partial charge in [-0.1, -0.05) is 0 Å². The quantitative estimate of drug-likeness (QED) is 0.241. The molecule has 4 N–H and O–H groups in total. The van der Waals surface area contributed by atoms with Crippen LogP contribution in [0.4, 0.5) is 23.3 Å². The summed E-state index contributed by atoms with van der Waals surface area (Å²) in [4.78, 5) is 11.9. The van der Waals surface area contributed by atoms with Crippen molar-refractivity contribution in [3.8, 4) is 5.75 Å². The number of aromatic nitrogens is 3. The average Bonchev–Trinajstić information content (AvgIpc) is 2.73. The van der Waals surface area contributed by atoms with Crippen LogP contribution >= 0.6 is 11.6 Å². The highest BCUT2D eigenvalue weighted by Gasteiger charge is 2.14. The van der Waals surface area contributed by atoms with Gasteiger partial charge in [-0.3, -0.25) is 9.11 Å². The molecule has 0 saturated carbocycles. The molecule has 0 saturated heterocycles. The van der Waals surface area contributed by atoms with Gasteiger partial charge in [0.05, 0.1) is 17.3 Å². The number of benzene rings is 2. The van der Waals surface area contributed by atoms with Crippen LogP contribution in [0.5, 0.6) is 5.75 Å². The fraction of sp³-hybridized carbons (Fsp3) is 0.167. The Labute approximate surface area is 213 Å². The molecule has 36 heavy (non-hydrogen) atoms. The fourth-order valence-corrected chi connectivity index (χ4v) is 4.58. The molecule has 1 aromatic heterocycles. The normalized spacial score (nSPS) is 12.7. The lowest BCUT2D eigenvalue weighted by atomic mass is 10.2. The standard InChI is InChI=1S/C18H18ClN5O9S3/c1-11-10-13(4-7-15(11)35(26,27)28)21-18-23-16(19)22-17(24-18)20-12-2-5-14(6-3-12)33-34(25)9-8-32-36(29,30)31/h2-7,10H,8-9H2,1H3,(H,26,27,28)(H,29,30,31)(H2,20,21,22,23,24). The molecule has 0 radical (unpaired) electrons. The van der Waals surface area contributed by atoms with Crippen molar-refractivity contribution in [3.05, 3.63) is 53.3 Å². The first-order chi connectivity index (χ1) is 16.8. The van der Waals surface area contributed by atoms with E-state index >= 15 is 0 Å². The van der Waals surface area contributed by atoms with Crippen molar-refractivity contribution >= 4 is 66.5 Å². The molecule has 0 aliphatic carbocycles. The van der Waals surface area contributed by atoms with E-state index in [0.29, 0.717) is 16.9 Å². The van der Waals surface area contributed by atoms with Crippen LogP contribution in [-0.2, 0) is 35.8 Å². The summed E-state index contributed by atoms with van der Waals surface area (Å²) in [7, 11) is -8.97. The molecule has 1 unspecified atom stereocenters. The maximum Gasteiger partial charge on any atom is 0.397 e. The maximum atomic E-state index is 11.8. The highest BCUT2D eigenvalue weighted by Crippen LogP contribution is 2.24. The Balaban J connectivity index is 1.64. The molecule has 3 rings (SSSR count). The first kappa shape index (κ1) is 27.7. The number of hydrogen-bond acceptors (Lipinski definition) is 12. The van der Waals surface area contributed by atoms with E-state index in [2.05, 4.69) is 29.8 Å². The van der Waals surface area contributed by atoms with Crippen LogP contribution in [0.2, 0.25) is 5.28 Å². The van der Waals surface area contributed by atoms with E-state index in [1.54, 1.807) is 12.1 Å². The highest BCUT2D eigenvalue weighted by molar-refractivity contribution is 7.86. The zero-order valence-electron chi connectivity index (χ0n) is 18.2. The van der Waals surface area contributed by atoms with Crippen molar-refractivity contribution in [3.63, 3.8) is 0 Å². The predicted molar refractivity (Wildman–Crippen MR) is 130 cm³/mol. The van der Waals surface area contributed by atoms with Gasteiger partial charge in [-0.2, -0.15) is 31.8 Å². The van der Waals surface area contributed by atoms with Crippen molar-refractivity contribution in [1.82, 2.24) is 15.0 Å². The van der Waals surface area contributed by atoms with Gasteiger partial charge in [0.1, 0.15) is 5.75 Å². The lowest BCUT2D eigenvalue weighted by Gasteiger charge is -2.10. The molecule has 14 nitrogen and oxygen atoms in total. The van der Waals surface area contributed by atoms with Crippen molar-refractivity contribution in [1.29, 1.82) is 0 Å². The largest absolute Gasteiger partial charge is 0.400 e. The molecule has 0 fully saturated rings. The SMILES string of the molecule is Cc1cc(Nc2nc(Cl)nc(Nc3ccc(OS(=O)CCOS(=O)(=O)O)cc3)n2)ccc1S(=O)(=O)O. The number of rotatable bonds is 11. The molecule has 1 atom stereocenters. The van der Waals surface area contributed by atoms with Gasteiger partial charge in [0.25, 0.3) is 10.1 Å². The molecular formula is C18H18ClN5O9S3. The second kappa shape index (κ2) is 11.4. The van der Waals surface area contributed by atoms with Crippen LogP contribution in [0, 0.1) is 6.92 Å². The zero-order valence-corrected chi connectivity index (χ0v) is 21.4. The average molecular weight is 580 g/mol. The topological polar surface area (TPSA) is 207 Å². The Bertz CT molecular complexity index is 1490. The minimum absolute atomic E-state index is 0.0546. The first-order valence-electron chi connectivity index (χ1n) is 9.61. The minimum atomic E-state index is -4.62. The van der Waals surface area contributed by atoms with Gasteiger partial charge < -0.3 is 14.8 Å². The number of nitrogens with one attached hydrogen (secondary N) is 2. The van der Waals surface area contributed by atoms with E-state index in [-0.39, 0.29) is 33.6 Å². The van der Waals surface area contributed by atoms with Gasteiger partial charge in [-0.25, -0.2) is 8.39 Å². The lowest BCUT2D eigenvalue weighted by Crippen LogP contribution is -2.14.